The van der Waals surface area contributed by atoms with E-state index in [0.717, 1.165) is 25.5 Å². The van der Waals surface area contributed by atoms with Crippen molar-refractivity contribution in [3.05, 3.63) is 35.2 Å². The molecule has 3 aromatic rings. The van der Waals surface area contributed by atoms with Gasteiger partial charge in [-0.15, -0.1) is 0 Å². The van der Waals surface area contributed by atoms with E-state index in [1.54, 1.807) is 13.2 Å². The zero-order valence-electron chi connectivity index (χ0n) is 16.1. The first-order chi connectivity index (χ1) is 13.5. The average Bonchev–Trinajstić information content (AvgIpc) is 3.11. The van der Waals surface area contributed by atoms with E-state index < -0.39 is 5.82 Å². The number of aromatic nitrogens is 4. The van der Waals surface area contributed by atoms with Crippen LogP contribution in [0.3, 0.4) is 0 Å². The van der Waals surface area contributed by atoms with Gasteiger partial charge in [-0.2, -0.15) is 5.10 Å². The predicted molar refractivity (Wildman–Crippen MR) is 110 cm³/mol. The van der Waals surface area contributed by atoms with Crippen molar-refractivity contribution in [1.29, 1.82) is 0 Å². The topological polar surface area (TPSA) is 70.9 Å². The van der Waals surface area contributed by atoms with Crippen LogP contribution < -0.4 is 15.5 Å². The van der Waals surface area contributed by atoms with Crippen molar-refractivity contribution in [3.63, 3.8) is 0 Å². The first kappa shape index (κ1) is 18.9. The standard InChI is InChI=1S/C19H23ClFN7/c1-11(2)15-10-27(7-6-23-15)18-12(20)8-13(21)19(26-18)28-16-4-5-17(22-3)25-14(16)9-24-28/h4-5,8-9,11,15,23H,6-7,10H2,1-3H3,(H,22,25)/t15-/m0/s1. The Balaban J connectivity index is 1.76. The monoisotopic (exact) mass is 403 g/mol. The summed E-state index contributed by atoms with van der Waals surface area (Å²) in [7, 11) is 1.79. The summed E-state index contributed by atoms with van der Waals surface area (Å²) in [5, 5.41) is 11.1. The smallest absolute Gasteiger partial charge is 0.192 e. The van der Waals surface area contributed by atoms with Crippen LogP contribution in [0.1, 0.15) is 13.8 Å². The number of rotatable bonds is 4. The van der Waals surface area contributed by atoms with E-state index in [2.05, 4.69) is 44.4 Å². The molecule has 4 rings (SSSR count). The second kappa shape index (κ2) is 7.52. The summed E-state index contributed by atoms with van der Waals surface area (Å²) in [4.78, 5) is 11.1. The van der Waals surface area contributed by atoms with E-state index >= 15 is 0 Å². The molecule has 1 aliphatic heterocycles. The summed E-state index contributed by atoms with van der Waals surface area (Å²) in [5.41, 5.74) is 1.34. The molecule has 28 heavy (non-hydrogen) atoms. The minimum Gasteiger partial charge on any atom is -0.373 e. The number of pyridine rings is 2. The Hall–Kier alpha value is -2.45. The van der Waals surface area contributed by atoms with Crippen LogP contribution in [0.15, 0.2) is 24.4 Å². The fraction of sp³-hybridized carbons (Fsp3) is 0.421. The number of hydrogen-bond acceptors (Lipinski definition) is 6. The summed E-state index contributed by atoms with van der Waals surface area (Å²) in [6.07, 6.45) is 1.60. The van der Waals surface area contributed by atoms with Crippen molar-refractivity contribution < 1.29 is 4.39 Å². The molecular weight excluding hydrogens is 381 g/mol. The summed E-state index contributed by atoms with van der Waals surface area (Å²) < 4.78 is 16.2. The quantitative estimate of drug-likeness (QED) is 0.697. The van der Waals surface area contributed by atoms with Crippen molar-refractivity contribution in [1.82, 2.24) is 25.1 Å². The number of anilines is 2. The molecule has 0 aromatic carbocycles. The van der Waals surface area contributed by atoms with E-state index in [1.165, 1.54) is 10.7 Å². The van der Waals surface area contributed by atoms with Crippen molar-refractivity contribution in [2.45, 2.75) is 19.9 Å². The van der Waals surface area contributed by atoms with Gasteiger partial charge < -0.3 is 15.5 Å². The van der Waals surface area contributed by atoms with Crippen LogP contribution in [-0.4, -0.2) is 52.5 Å². The summed E-state index contributed by atoms with van der Waals surface area (Å²) in [5.74, 6) is 1.37. The van der Waals surface area contributed by atoms with Crippen molar-refractivity contribution in [2.75, 3.05) is 36.9 Å². The minimum absolute atomic E-state index is 0.119. The molecule has 9 heteroatoms. The number of fused-ring (bicyclic) bond motifs is 1. The average molecular weight is 404 g/mol. The van der Waals surface area contributed by atoms with Gasteiger partial charge in [0.1, 0.15) is 17.2 Å². The summed E-state index contributed by atoms with van der Waals surface area (Å²) >= 11 is 6.37. The Kier molecular flexibility index (Phi) is 5.07. The van der Waals surface area contributed by atoms with Crippen molar-refractivity contribution in [2.24, 2.45) is 5.92 Å². The highest BCUT2D eigenvalue weighted by molar-refractivity contribution is 6.33. The molecule has 1 fully saturated rings. The Bertz CT molecular complexity index is 1000. The third-order valence-corrected chi connectivity index (χ3v) is 5.36. The first-order valence-corrected chi connectivity index (χ1v) is 9.73. The highest BCUT2D eigenvalue weighted by atomic mass is 35.5. The fourth-order valence-corrected chi connectivity index (χ4v) is 3.72. The van der Waals surface area contributed by atoms with Gasteiger partial charge in [-0.1, -0.05) is 25.4 Å². The highest BCUT2D eigenvalue weighted by Crippen LogP contribution is 2.29. The molecule has 0 unspecified atom stereocenters. The van der Waals surface area contributed by atoms with E-state index in [0.29, 0.717) is 33.8 Å². The maximum atomic E-state index is 14.8. The van der Waals surface area contributed by atoms with E-state index in [-0.39, 0.29) is 5.82 Å². The van der Waals surface area contributed by atoms with Gasteiger partial charge in [-0.25, -0.2) is 19.0 Å². The lowest BCUT2D eigenvalue weighted by Crippen LogP contribution is -2.53. The zero-order chi connectivity index (χ0) is 19.8. The summed E-state index contributed by atoms with van der Waals surface area (Å²) in [6, 6.07) is 5.30. The Morgan fingerprint density at radius 3 is 2.86 bits per heavy atom. The fourth-order valence-electron chi connectivity index (χ4n) is 3.46. The summed E-state index contributed by atoms with van der Waals surface area (Å²) in [6.45, 7) is 6.70. The van der Waals surface area contributed by atoms with Gasteiger partial charge in [0, 0.05) is 38.8 Å². The van der Waals surface area contributed by atoms with Crippen molar-refractivity contribution >= 4 is 34.3 Å². The molecule has 1 atom stereocenters. The molecule has 0 amide bonds. The second-order valence-electron chi connectivity index (χ2n) is 7.26. The normalized spacial score (nSPS) is 17.5. The number of halogens is 2. The number of nitrogens with one attached hydrogen (secondary N) is 2. The van der Waals surface area contributed by atoms with Crippen LogP contribution in [0, 0.1) is 11.7 Å². The Morgan fingerprint density at radius 2 is 2.11 bits per heavy atom. The number of nitrogens with zero attached hydrogens (tertiary/aromatic N) is 5. The lowest BCUT2D eigenvalue weighted by atomic mass is 10.0. The van der Waals surface area contributed by atoms with E-state index in [9.17, 15) is 4.39 Å². The third kappa shape index (κ3) is 3.38. The largest absolute Gasteiger partial charge is 0.373 e. The first-order valence-electron chi connectivity index (χ1n) is 9.35. The molecule has 1 aliphatic rings. The van der Waals surface area contributed by atoms with Crippen LogP contribution in [-0.2, 0) is 0 Å². The number of hydrogen-bond donors (Lipinski definition) is 2. The highest BCUT2D eigenvalue weighted by Gasteiger charge is 2.26. The molecule has 4 heterocycles. The van der Waals surface area contributed by atoms with Crippen LogP contribution in [0.5, 0.6) is 0 Å². The zero-order valence-corrected chi connectivity index (χ0v) is 16.8. The molecule has 3 aromatic heterocycles. The van der Waals surface area contributed by atoms with Crippen LogP contribution >= 0.6 is 11.6 Å². The molecule has 2 N–H and O–H groups in total. The van der Waals surface area contributed by atoms with E-state index in [1.807, 2.05) is 12.1 Å². The maximum absolute atomic E-state index is 14.8. The second-order valence-corrected chi connectivity index (χ2v) is 7.66. The van der Waals surface area contributed by atoms with Crippen LogP contribution in [0.2, 0.25) is 5.02 Å². The molecular formula is C19H23ClFN7. The molecule has 1 saturated heterocycles. The molecule has 0 radical (unpaired) electrons. The molecule has 148 valence electrons. The van der Waals surface area contributed by atoms with Gasteiger partial charge in [0.05, 0.1) is 16.7 Å². The van der Waals surface area contributed by atoms with Gasteiger partial charge in [0.15, 0.2) is 11.6 Å². The van der Waals surface area contributed by atoms with Gasteiger partial charge >= 0.3 is 0 Å². The van der Waals surface area contributed by atoms with Gasteiger partial charge in [0.2, 0.25) is 0 Å². The molecule has 0 aliphatic carbocycles. The Labute approximate surface area is 167 Å². The van der Waals surface area contributed by atoms with Gasteiger partial charge in [-0.05, 0) is 18.1 Å². The van der Waals surface area contributed by atoms with Gasteiger partial charge in [-0.3, -0.25) is 0 Å². The van der Waals surface area contributed by atoms with Crippen LogP contribution in [0.25, 0.3) is 16.9 Å². The third-order valence-electron chi connectivity index (χ3n) is 5.08. The molecule has 0 spiro atoms. The lowest BCUT2D eigenvalue weighted by molar-refractivity contribution is 0.367. The maximum Gasteiger partial charge on any atom is 0.192 e. The molecule has 0 bridgehead atoms. The van der Waals surface area contributed by atoms with E-state index in [4.69, 9.17) is 11.6 Å². The Morgan fingerprint density at radius 1 is 1.29 bits per heavy atom. The van der Waals surface area contributed by atoms with Crippen molar-refractivity contribution in [3.8, 4) is 5.82 Å². The predicted octanol–water partition coefficient (Wildman–Crippen LogP) is 3.08. The molecule has 7 nitrogen and oxygen atoms in total. The number of piperazine rings is 1. The minimum atomic E-state index is -0.521. The SMILES string of the molecule is CNc1ccc2c(cnn2-c2nc(N3CCN[C@H](C(C)C)C3)c(Cl)cc2F)n1. The lowest BCUT2D eigenvalue weighted by Gasteiger charge is -2.36. The van der Waals surface area contributed by atoms with Gasteiger partial charge in [0.25, 0.3) is 0 Å². The van der Waals surface area contributed by atoms with Crippen LogP contribution in [0.4, 0.5) is 16.0 Å². The molecule has 0 saturated carbocycles.